The lowest BCUT2D eigenvalue weighted by atomic mass is 10.1. The third-order valence-corrected chi connectivity index (χ3v) is 4.55. The van der Waals surface area contributed by atoms with Gasteiger partial charge in [0.15, 0.2) is 5.65 Å². The van der Waals surface area contributed by atoms with Crippen LogP contribution in [0, 0.1) is 0 Å². The number of aromatic nitrogens is 3. The SMILES string of the molecule is OC1CCN(c2cncc3ncc(-c4cccc(OC(F)(F)F)c4)n23)CC1. The molecular formula is C18H17F3N4O2. The summed E-state index contributed by atoms with van der Waals surface area (Å²) >= 11 is 0. The molecule has 0 aliphatic carbocycles. The van der Waals surface area contributed by atoms with Crippen LogP contribution >= 0.6 is 0 Å². The van der Waals surface area contributed by atoms with Crippen molar-refractivity contribution in [1.82, 2.24) is 14.4 Å². The van der Waals surface area contributed by atoms with Crippen molar-refractivity contribution in [3.05, 3.63) is 42.9 Å². The minimum absolute atomic E-state index is 0.286. The fraction of sp³-hybridized carbons (Fsp3) is 0.333. The average molecular weight is 378 g/mol. The summed E-state index contributed by atoms with van der Waals surface area (Å²) in [6, 6.07) is 5.81. The molecule has 1 aliphatic heterocycles. The maximum absolute atomic E-state index is 12.5. The quantitative estimate of drug-likeness (QED) is 0.758. The van der Waals surface area contributed by atoms with E-state index in [1.807, 2.05) is 4.40 Å². The monoisotopic (exact) mass is 378 g/mol. The molecule has 0 atom stereocenters. The molecule has 1 aliphatic rings. The number of rotatable bonds is 3. The van der Waals surface area contributed by atoms with Gasteiger partial charge >= 0.3 is 6.36 Å². The van der Waals surface area contributed by atoms with Crippen molar-refractivity contribution in [2.24, 2.45) is 0 Å². The number of piperidine rings is 1. The van der Waals surface area contributed by atoms with Crippen molar-refractivity contribution in [1.29, 1.82) is 0 Å². The van der Waals surface area contributed by atoms with Crippen molar-refractivity contribution in [3.8, 4) is 17.0 Å². The number of benzene rings is 1. The van der Waals surface area contributed by atoms with E-state index in [4.69, 9.17) is 0 Å². The number of hydrogen-bond donors (Lipinski definition) is 1. The number of hydrogen-bond acceptors (Lipinski definition) is 5. The Morgan fingerprint density at radius 2 is 1.89 bits per heavy atom. The van der Waals surface area contributed by atoms with Crippen LogP contribution in [0.2, 0.25) is 0 Å². The van der Waals surface area contributed by atoms with Crippen LogP contribution in [0.15, 0.2) is 42.9 Å². The van der Waals surface area contributed by atoms with E-state index in [1.54, 1.807) is 24.7 Å². The van der Waals surface area contributed by atoms with Crippen LogP contribution in [0.25, 0.3) is 16.9 Å². The first-order valence-corrected chi connectivity index (χ1v) is 8.51. The highest BCUT2D eigenvalue weighted by atomic mass is 19.4. The highest BCUT2D eigenvalue weighted by Crippen LogP contribution is 2.31. The first-order valence-electron chi connectivity index (χ1n) is 8.51. The molecule has 1 saturated heterocycles. The predicted octanol–water partition coefficient (Wildman–Crippen LogP) is 3.26. The average Bonchev–Trinajstić information content (AvgIpc) is 3.05. The summed E-state index contributed by atoms with van der Waals surface area (Å²) in [5, 5.41) is 9.74. The van der Waals surface area contributed by atoms with E-state index in [1.165, 1.54) is 18.2 Å². The summed E-state index contributed by atoms with van der Waals surface area (Å²) < 4.78 is 43.5. The van der Waals surface area contributed by atoms with Crippen LogP contribution in [0.5, 0.6) is 5.75 Å². The van der Waals surface area contributed by atoms with Crippen molar-refractivity contribution < 1.29 is 23.0 Å². The molecule has 3 aromatic rings. The number of fused-ring (bicyclic) bond motifs is 1. The topological polar surface area (TPSA) is 62.9 Å². The molecule has 4 rings (SSSR count). The van der Waals surface area contributed by atoms with Crippen molar-refractivity contribution in [2.45, 2.75) is 25.3 Å². The standard InChI is InChI=1S/C18H17F3N4O2/c19-18(20,21)27-14-3-1-2-12(8-14)15-9-23-16-10-22-11-17(25(15)16)24-6-4-13(26)5-7-24/h1-3,8-11,13,26H,4-7H2. The Kier molecular flexibility index (Phi) is 4.39. The Labute approximate surface area is 152 Å². The summed E-state index contributed by atoms with van der Waals surface area (Å²) in [5.41, 5.74) is 1.78. The molecule has 2 aromatic heterocycles. The molecule has 0 saturated carbocycles. The molecule has 27 heavy (non-hydrogen) atoms. The van der Waals surface area contributed by atoms with Crippen LogP contribution in [-0.4, -0.2) is 45.0 Å². The minimum Gasteiger partial charge on any atom is -0.406 e. The van der Waals surface area contributed by atoms with Gasteiger partial charge in [-0.05, 0) is 25.0 Å². The van der Waals surface area contributed by atoms with E-state index in [0.717, 1.165) is 5.82 Å². The predicted molar refractivity (Wildman–Crippen MR) is 92.6 cm³/mol. The van der Waals surface area contributed by atoms with Gasteiger partial charge in [-0.2, -0.15) is 0 Å². The summed E-state index contributed by atoms with van der Waals surface area (Å²) in [4.78, 5) is 10.6. The second-order valence-corrected chi connectivity index (χ2v) is 6.40. The lowest BCUT2D eigenvalue weighted by molar-refractivity contribution is -0.274. The Bertz CT molecular complexity index is 949. The molecule has 0 radical (unpaired) electrons. The lowest BCUT2D eigenvalue weighted by Crippen LogP contribution is -2.36. The largest absolute Gasteiger partial charge is 0.573 e. The summed E-state index contributed by atoms with van der Waals surface area (Å²) in [7, 11) is 0. The molecule has 0 spiro atoms. The van der Waals surface area contributed by atoms with Gasteiger partial charge in [0.05, 0.1) is 30.4 Å². The molecule has 1 aromatic carbocycles. The minimum atomic E-state index is -4.75. The Morgan fingerprint density at radius 3 is 2.63 bits per heavy atom. The molecule has 1 N–H and O–H groups in total. The van der Waals surface area contributed by atoms with Gasteiger partial charge in [-0.25, -0.2) is 4.98 Å². The third kappa shape index (κ3) is 3.68. The molecule has 142 valence electrons. The number of anilines is 1. The van der Waals surface area contributed by atoms with Gasteiger partial charge in [0, 0.05) is 18.7 Å². The van der Waals surface area contributed by atoms with E-state index >= 15 is 0 Å². The van der Waals surface area contributed by atoms with Crippen LogP contribution in [0.1, 0.15) is 12.8 Å². The number of alkyl halides is 3. The zero-order valence-corrected chi connectivity index (χ0v) is 14.2. The van der Waals surface area contributed by atoms with E-state index < -0.39 is 6.36 Å². The molecular weight excluding hydrogens is 361 g/mol. The number of ether oxygens (including phenoxy) is 1. The smallest absolute Gasteiger partial charge is 0.406 e. The van der Waals surface area contributed by atoms with E-state index in [0.29, 0.717) is 42.8 Å². The Balaban J connectivity index is 1.76. The summed E-state index contributed by atoms with van der Waals surface area (Å²) in [6.45, 7) is 1.33. The number of aliphatic hydroxyl groups excluding tert-OH is 1. The fourth-order valence-corrected chi connectivity index (χ4v) is 3.30. The second kappa shape index (κ2) is 6.73. The van der Waals surface area contributed by atoms with Gasteiger partial charge in [-0.15, -0.1) is 13.2 Å². The van der Waals surface area contributed by atoms with Crippen LogP contribution in [0.3, 0.4) is 0 Å². The third-order valence-electron chi connectivity index (χ3n) is 4.55. The molecule has 6 nitrogen and oxygen atoms in total. The summed E-state index contributed by atoms with van der Waals surface area (Å²) in [5.74, 6) is 0.501. The van der Waals surface area contributed by atoms with Gasteiger partial charge in [-0.1, -0.05) is 12.1 Å². The summed E-state index contributed by atoms with van der Waals surface area (Å²) in [6.07, 6.45) is 1.14. The van der Waals surface area contributed by atoms with Gasteiger partial charge < -0.3 is 14.7 Å². The highest BCUT2D eigenvalue weighted by molar-refractivity contribution is 5.68. The molecule has 0 unspecified atom stereocenters. The highest BCUT2D eigenvalue weighted by Gasteiger charge is 2.31. The van der Waals surface area contributed by atoms with E-state index in [9.17, 15) is 18.3 Å². The number of nitrogens with zero attached hydrogens (tertiary/aromatic N) is 4. The maximum atomic E-state index is 12.5. The first kappa shape index (κ1) is 17.6. The number of aliphatic hydroxyl groups is 1. The van der Waals surface area contributed by atoms with Crippen LogP contribution in [0.4, 0.5) is 19.0 Å². The normalized spacial score (nSPS) is 16.1. The Morgan fingerprint density at radius 1 is 1.11 bits per heavy atom. The molecule has 9 heteroatoms. The van der Waals surface area contributed by atoms with E-state index in [-0.39, 0.29) is 11.9 Å². The van der Waals surface area contributed by atoms with Gasteiger partial charge in [0.1, 0.15) is 11.6 Å². The van der Waals surface area contributed by atoms with Crippen molar-refractivity contribution in [3.63, 3.8) is 0 Å². The molecule has 0 amide bonds. The second-order valence-electron chi connectivity index (χ2n) is 6.40. The first-order chi connectivity index (χ1) is 12.9. The van der Waals surface area contributed by atoms with Crippen molar-refractivity contribution >= 4 is 11.5 Å². The lowest BCUT2D eigenvalue weighted by Gasteiger charge is -2.31. The van der Waals surface area contributed by atoms with E-state index in [2.05, 4.69) is 19.6 Å². The van der Waals surface area contributed by atoms with Crippen LogP contribution in [-0.2, 0) is 0 Å². The fourth-order valence-electron chi connectivity index (χ4n) is 3.30. The number of halogens is 3. The number of imidazole rings is 1. The Hall–Kier alpha value is -2.81. The molecule has 1 fully saturated rings. The van der Waals surface area contributed by atoms with Crippen molar-refractivity contribution in [2.75, 3.05) is 18.0 Å². The zero-order valence-electron chi connectivity index (χ0n) is 14.2. The zero-order chi connectivity index (χ0) is 19.0. The van der Waals surface area contributed by atoms with Gasteiger partial charge in [-0.3, -0.25) is 9.38 Å². The molecule has 3 heterocycles. The maximum Gasteiger partial charge on any atom is 0.573 e. The van der Waals surface area contributed by atoms with Gasteiger partial charge in [0.2, 0.25) is 0 Å². The van der Waals surface area contributed by atoms with Crippen LogP contribution < -0.4 is 9.64 Å². The molecule has 0 bridgehead atoms. The van der Waals surface area contributed by atoms with Gasteiger partial charge in [0.25, 0.3) is 0 Å².